The summed E-state index contributed by atoms with van der Waals surface area (Å²) in [5.41, 5.74) is 2.35. The molecule has 0 saturated carbocycles. The molecule has 19 heavy (non-hydrogen) atoms. The lowest BCUT2D eigenvalue weighted by molar-refractivity contribution is 0.289. The fourth-order valence-corrected chi connectivity index (χ4v) is 1.93. The molecule has 1 aromatic heterocycles. The minimum absolute atomic E-state index is 0.479. The average Bonchev–Trinajstić information content (AvgIpc) is 2.67. The Balaban J connectivity index is 1.96. The van der Waals surface area contributed by atoms with Gasteiger partial charge in [-0.05, 0) is 32.0 Å². The van der Waals surface area contributed by atoms with Crippen LogP contribution in [0.2, 0.25) is 5.02 Å². The molecular formula is C14H14ClN3O. The summed E-state index contributed by atoms with van der Waals surface area (Å²) in [6, 6.07) is 9.17. The number of aryl methyl sites for hydroxylation is 1. The molecule has 98 valence electrons. The van der Waals surface area contributed by atoms with E-state index in [4.69, 9.17) is 21.6 Å². The monoisotopic (exact) mass is 275 g/mol. The van der Waals surface area contributed by atoms with Gasteiger partial charge < -0.3 is 4.74 Å². The first-order chi connectivity index (χ1) is 9.11. The van der Waals surface area contributed by atoms with Gasteiger partial charge in [-0.15, -0.1) is 0 Å². The quantitative estimate of drug-likeness (QED) is 0.861. The van der Waals surface area contributed by atoms with Gasteiger partial charge in [-0.25, -0.2) is 0 Å². The van der Waals surface area contributed by atoms with Crippen molar-refractivity contribution in [1.82, 2.24) is 9.78 Å². The molecule has 0 aliphatic rings. The van der Waals surface area contributed by atoms with Crippen molar-refractivity contribution in [2.24, 2.45) is 0 Å². The van der Waals surface area contributed by atoms with Gasteiger partial charge in [0, 0.05) is 0 Å². The number of nitriles is 1. The second-order valence-corrected chi connectivity index (χ2v) is 4.57. The van der Waals surface area contributed by atoms with Crippen molar-refractivity contribution in [3.8, 4) is 11.8 Å². The van der Waals surface area contributed by atoms with Crippen molar-refractivity contribution in [1.29, 1.82) is 5.26 Å². The molecule has 0 aliphatic heterocycles. The first-order valence-electron chi connectivity index (χ1n) is 5.94. The molecule has 0 aliphatic carbocycles. The van der Waals surface area contributed by atoms with Gasteiger partial charge in [-0.2, -0.15) is 10.4 Å². The van der Waals surface area contributed by atoms with Crippen LogP contribution in [0.15, 0.2) is 24.3 Å². The zero-order chi connectivity index (χ0) is 13.8. The van der Waals surface area contributed by atoms with Crippen molar-refractivity contribution < 1.29 is 4.74 Å². The number of aromatic nitrogens is 2. The molecular weight excluding hydrogens is 262 g/mol. The maximum Gasteiger partial charge on any atom is 0.120 e. The molecule has 1 heterocycles. The largest absolute Gasteiger partial charge is 0.492 e. The van der Waals surface area contributed by atoms with Crippen molar-refractivity contribution in [3.63, 3.8) is 0 Å². The SMILES string of the molecule is Cc1nn(CCOc2cccc(C#N)c2)c(C)c1Cl. The minimum atomic E-state index is 0.479. The van der Waals surface area contributed by atoms with Gasteiger partial charge in [-0.1, -0.05) is 17.7 Å². The summed E-state index contributed by atoms with van der Waals surface area (Å²) in [7, 11) is 0. The van der Waals surface area contributed by atoms with E-state index in [0.29, 0.717) is 29.5 Å². The Bertz CT molecular complexity index is 628. The maximum atomic E-state index is 8.80. The second-order valence-electron chi connectivity index (χ2n) is 4.20. The van der Waals surface area contributed by atoms with Crippen LogP contribution in [-0.2, 0) is 6.54 Å². The summed E-state index contributed by atoms with van der Waals surface area (Å²) in [6.45, 7) is 4.91. The van der Waals surface area contributed by atoms with Gasteiger partial charge in [0.1, 0.15) is 12.4 Å². The molecule has 0 fully saturated rings. The highest BCUT2D eigenvalue weighted by Gasteiger charge is 2.08. The van der Waals surface area contributed by atoms with Gasteiger partial charge in [0.2, 0.25) is 0 Å². The Kier molecular flexibility index (Phi) is 4.08. The maximum absolute atomic E-state index is 8.80. The highest BCUT2D eigenvalue weighted by molar-refractivity contribution is 6.31. The lowest BCUT2D eigenvalue weighted by Gasteiger charge is -2.07. The third kappa shape index (κ3) is 3.07. The lowest BCUT2D eigenvalue weighted by Crippen LogP contribution is -2.11. The van der Waals surface area contributed by atoms with Crippen LogP contribution in [0.5, 0.6) is 5.75 Å². The molecule has 4 nitrogen and oxygen atoms in total. The van der Waals surface area contributed by atoms with Crippen LogP contribution in [0.3, 0.4) is 0 Å². The van der Waals surface area contributed by atoms with E-state index >= 15 is 0 Å². The van der Waals surface area contributed by atoms with Gasteiger partial charge >= 0.3 is 0 Å². The van der Waals surface area contributed by atoms with Crippen LogP contribution >= 0.6 is 11.6 Å². The number of ether oxygens (including phenoxy) is 1. The standard InChI is InChI=1S/C14H14ClN3O/c1-10-14(15)11(2)18(17-10)6-7-19-13-5-3-4-12(8-13)9-16/h3-5,8H,6-7H2,1-2H3. The number of nitrogens with zero attached hydrogens (tertiary/aromatic N) is 3. The van der Waals surface area contributed by atoms with Gasteiger partial charge in [0.25, 0.3) is 0 Å². The fraction of sp³-hybridized carbons (Fsp3) is 0.286. The summed E-state index contributed by atoms with van der Waals surface area (Å²) < 4.78 is 7.43. The van der Waals surface area contributed by atoms with Crippen LogP contribution in [0.1, 0.15) is 17.0 Å². The van der Waals surface area contributed by atoms with E-state index in [2.05, 4.69) is 11.2 Å². The molecule has 0 unspecified atom stereocenters. The van der Waals surface area contributed by atoms with E-state index in [1.807, 2.05) is 24.6 Å². The first-order valence-corrected chi connectivity index (χ1v) is 6.32. The fourth-order valence-electron chi connectivity index (χ4n) is 1.80. The number of hydrogen-bond donors (Lipinski definition) is 0. The first kappa shape index (κ1) is 13.4. The summed E-state index contributed by atoms with van der Waals surface area (Å²) in [6.07, 6.45) is 0. The number of halogens is 1. The zero-order valence-electron chi connectivity index (χ0n) is 10.9. The third-order valence-corrected chi connectivity index (χ3v) is 3.38. The van der Waals surface area contributed by atoms with Crippen molar-refractivity contribution in [2.45, 2.75) is 20.4 Å². The normalized spacial score (nSPS) is 10.2. The Morgan fingerprint density at radius 2 is 2.21 bits per heavy atom. The van der Waals surface area contributed by atoms with Crippen molar-refractivity contribution in [2.75, 3.05) is 6.61 Å². The smallest absolute Gasteiger partial charge is 0.120 e. The van der Waals surface area contributed by atoms with Crippen LogP contribution in [0, 0.1) is 25.2 Å². The van der Waals surface area contributed by atoms with Crippen molar-refractivity contribution in [3.05, 3.63) is 46.2 Å². The van der Waals surface area contributed by atoms with Crippen LogP contribution in [0.4, 0.5) is 0 Å². The molecule has 0 atom stereocenters. The molecule has 0 bridgehead atoms. The molecule has 0 N–H and O–H groups in total. The van der Waals surface area contributed by atoms with E-state index in [1.54, 1.807) is 18.2 Å². The average molecular weight is 276 g/mol. The number of benzene rings is 1. The Labute approximate surface area is 117 Å². The van der Waals surface area contributed by atoms with Crippen molar-refractivity contribution >= 4 is 11.6 Å². The third-order valence-electron chi connectivity index (χ3n) is 2.83. The van der Waals surface area contributed by atoms with E-state index in [9.17, 15) is 0 Å². The molecule has 0 amide bonds. The predicted molar refractivity (Wildman–Crippen MR) is 73.4 cm³/mol. The summed E-state index contributed by atoms with van der Waals surface area (Å²) in [5, 5.41) is 13.8. The second kappa shape index (κ2) is 5.77. The van der Waals surface area contributed by atoms with E-state index in [-0.39, 0.29) is 0 Å². The van der Waals surface area contributed by atoms with Gasteiger partial charge in [0.05, 0.1) is 34.6 Å². The zero-order valence-corrected chi connectivity index (χ0v) is 11.6. The van der Waals surface area contributed by atoms with E-state index < -0.39 is 0 Å². The number of hydrogen-bond acceptors (Lipinski definition) is 3. The Morgan fingerprint density at radius 1 is 1.42 bits per heavy atom. The van der Waals surface area contributed by atoms with Crippen LogP contribution in [0.25, 0.3) is 0 Å². The lowest BCUT2D eigenvalue weighted by atomic mass is 10.2. The molecule has 0 saturated heterocycles. The molecule has 0 radical (unpaired) electrons. The molecule has 2 rings (SSSR count). The molecule has 1 aromatic carbocycles. The number of rotatable bonds is 4. The summed E-state index contributed by atoms with van der Waals surface area (Å²) in [4.78, 5) is 0. The predicted octanol–water partition coefficient (Wildman–Crippen LogP) is 3.10. The minimum Gasteiger partial charge on any atom is -0.492 e. The van der Waals surface area contributed by atoms with E-state index in [1.165, 1.54) is 0 Å². The highest BCUT2D eigenvalue weighted by atomic mass is 35.5. The highest BCUT2D eigenvalue weighted by Crippen LogP contribution is 2.19. The Morgan fingerprint density at radius 3 is 2.84 bits per heavy atom. The molecule has 2 aromatic rings. The van der Waals surface area contributed by atoms with Gasteiger partial charge in [0.15, 0.2) is 0 Å². The van der Waals surface area contributed by atoms with Crippen LogP contribution < -0.4 is 4.74 Å². The Hall–Kier alpha value is -1.99. The molecule has 5 heteroatoms. The van der Waals surface area contributed by atoms with Crippen LogP contribution in [-0.4, -0.2) is 16.4 Å². The van der Waals surface area contributed by atoms with E-state index in [0.717, 1.165) is 11.4 Å². The van der Waals surface area contributed by atoms with Gasteiger partial charge in [-0.3, -0.25) is 4.68 Å². The summed E-state index contributed by atoms with van der Waals surface area (Å²) in [5.74, 6) is 0.687. The molecule has 0 spiro atoms. The topological polar surface area (TPSA) is 50.8 Å². The summed E-state index contributed by atoms with van der Waals surface area (Å²) >= 11 is 6.07.